The monoisotopic (exact) mass is 429 g/mol. The number of nitrogens with zero attached hydrogens (tertiary/aromatic N) is 3. The van der Waals surface area contributed by atoms with Gasteiger partial charge in [-0.3, -0.25) is 4.31 Å². The van der Waals surface area contributed by atoms with Crippen LogP contribution in [-0.2, 0) is 26.0 Å². The van der Waals surface area contributed by atoms with E-state index in [0.29, 0.717) is 6.42 Å². The maximum absolute atomic E-state index is 15.0. The number of rotatable bonds is 2. The molecule has 0 spiro atoms. The number of benzene rings is 1. The van der Waals surface area contributed by atoms with Crippen molar-refractivity contribution in [3.63, 3.8) is 0 Å². The molecule has 0 N–H and O–H groups in total. The lowest BCUT2D eigenvalue weighted by Gasteiger charge is -2.40. The van der Waals surface area contributed by atoms with Crippen molar-refractivity contribution in [2.45, 2.75) is 56.1 Å². The summed E-state index contributed by atoms with van der Waals surface area (Å²) >= 11 is 0. The van der Waals surface area contributed by atoms with Gasteiger partial charge >= 0.3 is 6.09 Å². The number of methoxy groups -OCH3 is 1. The molecule has 1 aromatic carbocycles. The lowest BCUT2D eigenvalue weighted by Crippen LogP contribution is -2.54. The second-order valence-electron chi connectivity index (χ2n) is 8.14. The predicted octanol–water partition coefficient (Wildman–Crippen LogP) is 3.29. The van der Waals surface area contributed by atoms with E-state index in [-0.39, 0.29) is 23.2 Å². The number of amides is 1. The molecule has 1 aliphatic heterocycles. The SMILES string of the molecule is COC1CC2S(=O)N(C)C(N(F)C(=O)OC(C)(C)C)=NC2(c2ccccc2F)C1. The molecule has 0 aromatic heterocycles. The second-order valence-corrected chi connectivity index (χ2v) is 9.81. The minimum atomic E-state index is -1.78. The van der Waals surface area contributed by atoms with Crippen LogP contribution in [-0.4, -0.2) is 56.8 Å². The van der Waals surface area contributed by atoms with Gasteiger partial charge in [-0.25, -0.2) is 18.4 Å². The number of guanidine groups is 1. The Bertz CT molecular complexity index is 860. The van der Waals surface area contributed by atoms with Crippen molar-refractivity contribution < 1.29 is 27.3 Å². The fourth-order valence-electron chi connectivity index (χ4n) is 3.77. The van der Waals surface area contributed by atoms with Gasteiger partial charge in [-0.05, 0) is 33.3 Å². The predicted molar refractivity (Wildman–Crippen MR) is 104 cm³/mol. The minimum absolute atomic E-state index is 0.195. The topological polar surface area (TPSA) is 71.4 Å². The molecule has 0 bridgehead atoms. The highest BCUT2D eigenvalue weighted by Crippen LogP contribution is 2.49. The van der Waals surface area contributed by atoms with Crippen molar-refractivity contribution in [2.24, 2.45) is 4.99 Å². The van der Waals surface area contributed by atoms with Crippen molar-refractivity contribution in [1.82, 2.24) is 9.43 Å². The van der Waals surface area contributed by atoms with Crippen LogP contribution in [0.25, 0.3) is 0 Å². The number of hydrogen-bond acceptors (Lipinski definition) is 5. The first-order valence-electron chi connectivity index (χ1n) is 9.21. The van der Waals surface area contributed by atoms with Gasteiger partial charge in [-0.1, -0.05) is 27.8 Å². The van der Waals surface area contributed by atoms with Crippen LogP contribution in [0.5, 0.6) is 0 Å². The van der Waals surface area contributed by atoms with Gasteiger partial charge in [0.05, 0.1) is 11.4 Å². The molecule has 10 heteroatoms. The molecule has 0 radical (unpaired) electrons. The number of carbonyl (C=O) groups is 1. The van der Waals surface area contributed by atoms with E-state index in [2.05, 4.69) is 4.99 Å². The average Bonchev–Trinajstić information content (AvgIpc) is 3.03. The largest absolute Gasteiger partial charge is 0.446 e. The van der Waals surface area contributed by atoms with E-state index in [9.17, 15) is 17.9 Å². The van der Waals surface area contributed by atoms with Gasteiger partial charge in [0.25, 0.3) is 0 Å². The Hall–Kier alpha value is -2.07. The van der Waals surface area contributed by atoms with Gasteiger partial charge < -0.3 is 9.47 Å². The summed E-state index contributed by atoms with van der Waals surface area (Å²) in [6.45, 7) is 4.79. The zero-order valence-corrected chi connectivity index (χ0v) is 17.8. The van der Waals surface area contributed by atoms with Gasteiger partial charge in [-0.15, -0.1) is 0 Å². The Morgan fingerprint density at radius 3 is 2.62 bits per heavy atom. The van der Waals surface area contributed by atoms with Gasteiger partial charge in [0, 0.05) is 26.1 Å². The first-order chi connectivity index (χ1) is 13.5. The van der Waals surface area contributed by atoms with E-state index >= 15 is 0 Å². The van der Waals surface area contributed by atoms with Crippen LogP contribution in [0.1, 0.15) is 39.2 Å². The van der Waals surface area contributed by atoms with Gasteiger partial charge in [0.2, 0.25) is 5.96 Å². The summed E-state index contributed by atoms with van der Waals surface area (Å²) in [5.74, 6) is -1.03. The molecule has 0 saturated heterocycles. The van der Waals surface area contributed by atoms with Crippen LogP contribution in [0.4, 0.5) is 13.7 Å². The second kappa shape index (κ2) is 7.64. The summed E-state index contributed by atoms with van der Waals surface area (Å²) < 4.78 is 54.5. The van der Waals surface area contributed by atoms with Crippen LogP contribution in [0.15, 0.2) is 29.3 Å². The summed E-state index contributed by atoms with van der Waals surface area (Å²) in [7, 11) is 1.10. The Morgan fingerprint density at radius 2 is 2.03 bits per heavy atom. The minimum Gasteiger partial charge on any atom is -0.442 e. The highest BCUT2D eigenvalue weighted by Gasteiger charge is 2.58. The number of aliphatic imine (C=N–C) groups is 1. The van der Waals surface area contributed by atoms with Crippen LogP contribution in [0, 0.1) is 5.82 Å². The zero-order valence-electron chi connectivity index (χ0n) is 17.0. The first-order valence-corrected chi connectivity index (χ1v) is 10.4. The number of ether oxygens (including phenoxy) is 2. The van der Waals surface area contributed by atoms with Crippen molar-refractivity contribution in [2.75, 3.05) is 14.2 Å². The highest BCUT2D eigenvalue weighted by molar-refractivity contribution is 7.84. The Labute approximate surface area is 171 Å². The first kappa shape index (κ1) is 21.6. The van der Waals surface area contributed by atoms with Gasteiger partial charge in [0.15, 0.2) is 0 Å². The van der Waals surface area contributed by atoms with Crippen LogP contribution in [0.3, 0.4) is 0 Å². The molecule has 1 aliphatic carbocycles. The van der Waals surface area contributed by atoms with E-state index in [1.807, 2.05) is 0 Å². The Morgan fingerprint density at radius 1 is 1.38 bits per heavy atom. The van der Waals surface area contributed by atoms with Crippen molar-refractivity contribution >= 4 is 23.0 Å². The van der Waals surface area contributed by atoms with E-state index in [1.54, 1.807) is 32.9 Å². The highest BCUT2D eigenvalue weighted by atomic mass is 32.2. The van der Waals surface area contributed by atoms with Gasteiger partial charge in [0.1, 0.15) is 27.9 Å². The third-order valence-corrected chi connectivity index (χ3v) is 6.82. The molecule has 1 saturated carbocycles. The normalized spacial score (nSPS) is 29.3. The average molecular weight is 429 g/mol. The number of carbonyl (C=O) groups excluding carboxylic acids is 1. The molecular formula is C19H25F2N3O4S. The van der Waals surface area contributed by atoms with E-state index in [0.717, 1.165) is 4.31 Å². The summed E-state index contributed by atoms with van der Waals surface area (Å²) in [6.07, 6.45) is -1.06. The molecule has 1 fully saturated rings. The lowest BCUT2D eigenvalue weighted by atomic mass is 9.87. The van der Waals surface area contributed by atoms with Gasteiger partial charge in [-0.2, -0.15) is 0 Å². The maximum atomic E-state index is 15.0. The summed E-state index contributed by atoms with van der Waals surface area (Å²) in [5.41, 5.74) is -2.07. The summed E-state index contributed by atoms with van der Waals surface area (Å²) in [4.78, 5) is 16.7. The fourth-order valence-corrected chi connectivity index (χ4v) is 5.41. The lowest BCUT2D eigenvalue weighted by molar-refractivity contribution is -0.00206. The van der Waals surface area contributed by atoms with Crippen molar-refractivity contribution in [3.8, 4) is 0 Å². The molecule has 4 atom stereocenters. The number of fused-ring (bicyclic) bond motifs is 1. The molecule has 1 heterocycles. The van der Waals surface area contributed by atoms with Crippen LogP contribution in [0.2, 0.25) is 0 Å². The van der Waals surface area contributed by atoms with E-state index < -0.39 is 45.2 Å². The molecule has 29 heavy (non-hydrogen) atoms. The molecule has 7 nitrogen and oxygen atoms in total. The third-order valence-electron chi connectivity index (χ3n) is 5.05. The Balaban J connectivity index is 2.12. The van der Waals surface area contributed by atoms with Crippen LogP contribution >= 0.6 is 0 Å². The summed E-state index contributed by atoms with van der Waals surface area (Å²) in [5, 5.41) is -0.910. The molecule has 4 unspecified atom stereocenters. The maximum Gasteiger partial charge on any atom is 0.446 e. The number of halogens is 2. The quantitative estimate of drug-likeness (QED) is 0.677. The molecule has 3 rings (SSSR count). The van der Waals surface area contributed by atoms with E-state index in [1.165, 1.54) is 26.3 Å². The smallest absolute Gasteiger partial charge is 0.442 e. The fraction of sp³-hybridized carbons (Fsp3) is 0.579. The van der Waals surface area contributed by atoms with E-state index in [4.69, 9.17) is 9.47 Å². The molecule has 1 amide bonds. The Kier molecular flexibility index (Phi) is 5.70. The molecule has 160 valence electrons. The third kappa shape index (κ3) is 3.87. The summed E-state index contributed by atoms with van der Waals surface area (Å²) in [6, 6.07) is 5.99. The zero-order chi connectivity index (χ0) is 21.6. The van der Waals surface area contributed by atoms with Crippen molar-refractivity contribution in [3.05, 3.63) is 35.6 Å². The molecule has 1 aromatic rings. The standard InChI is InChI=1S/C19H25F2N3O4S/c1-18(2,3)28-17(25)24(21)16-22-19(13-8-6-7-9-14(13)20)11-12(27-5)10-15(19)29(26)23(16)4/h6-9,12,15H,10-11H2,1-5H3. The molecule has 2 aliphatic rings. The molecular weight excluding hydrogens is 404 g/mol. The number of hydrogen-bond donors (Lipinski definition) is 0. The van der Waals surface area contributed by atoms with Crippen LogP contribution < -0.4 is 0 Å². The van der Waals surface area contributed by atoms with Crippen molar-refractivity contribution in [1.29, 1.82) is 0 Å².